The van der Waals surface area contributed by atoms with E-state index in [0.717, 1.165) is 16.6 Å². The Labute approximate surface area is 126 Å². The number of anilines is 1. The second-order valence-corrected chi connectivity index (χ2v) is 5.63. The van der Waals surface area contributed by atoms with Crippen molar-refractivity contribution in [1.82, 2.24) is 10.3 Å². The van der Waals surface area contributed by atoms with Crippen LogP contribution in [-0.2, 0) is 6.42 Å². The molecule has 3 rings (SSSR count). The van der Waals surface area contributed by atoms with Gasteiger partial charge >= 0.3 is 6.03 Å². The van der Waals surface area contributed by atoms with Crippen LogP contribution in [0.25, 0.3) is 10.2 Å². The smallest absolute Gasteiger partial charge is 0.321 e. The number of thiazole rings is 1. The van der Waals surface area contributed by atoms with Crippen LogP contribution in [0, 0.1) is 0 Å². The molecule has 5 heteroatoms. The lowest BCUT2D eigenvalue weighted by Crippen LogP contribution is -2.30. The van der Waals surface area contributed by atoms with Crippen molar-refractivity contribution in [1.29, 1.82) is 0 Å². The SMILES string of the molecule is O=C(NCCc1ccccc1)Nc1nc2ccccc2s1. The first-order valence-corrected chi connectivity index (χ1v) is 7.57. The van der Waals surface area contributed by atoms with Crippen LogP contribution in [0.1, 0.15) is 5.56 Å². The largest absolute Gasteiger partial charge is 0.337 e. The summed E-state index contributed by atoms with van der Waals surface area (Å²) in [4.78, 5) is 16.2. The van der Waals surface area contributed by atoms with Gasteiger partial charge in [0.25, 0.3) is 0 Å². The molecule has 106 valence electrons. The summed E-state index contributed by atoms with van der Waals surface area (Å²) in [6.45, 7) is 0.598. The molecule has 1 aromatic heterocycles. The lowest BCUT2D eigenvalue weighted by molar-refractivity contribution is 0.252. The van der Waals surface area contributed by atoms with Gasteiger partial charge in [0.1, 0.15) is 0 Å². The van der Waals surface area contributed by atoms with Gasteiger partial charge in [-0.05, 0) is 24.1 Å². The highest BCUT2D eigenvalue weighted by Gasteiger charge is 2.06. The normalized spacial score (nSPS) is 10.5. The lowest BCUT2D eigenvalue weighted by Gasteiger charge is -2.05. The third-order valence-electron chi connectivity index (χ3n) is 3.06. The van der Waals surface area contributed by atoms with Crippen molar-refractivity contribution in [3.8, 4) is 0 Å². The van der Waals surface area contributed by atoms with Crippen molar-refractivity contribution in [3.63, 3.8) is 0 Å². The Hall–Kier alpha value is -2.40. The van der Waals surface area contributed by atoms with Gasteiger partial charge in [0.2, 0.25) is 0 Å². The molecule has 4 nitrogen and oxygen atoms in total. The molecule has 0 radical (unpaired) electrons. The predicted molar refractivity (Wildman–Crippen MR) is 86.8 cm³/mol. The number of rotatable bonds is 4. The van der Waals surface area contributed by atoms with Crippen molar-refractivity contribution in [2.24, 2.45) is 0 Å². The summed E-state index contributed by atoms with van der Waals surface area (Å²) in [5.74, 6) is 0. The van der Waals surface area contributed by atoms with Gasteiger partial charge in [-0.1, -0.05) is 53.8 Å². The number of carbonyl (C=O) groups is 1. The number of fused-ring (bicyclic) bond motifs is 1. The number of aromatic nitrogens is 1. The topological polar surface area (TPSA) is 54.0 Å². The van der Waals surface area contributed by atoms with Crippen LogP contribution in [0.3, 0.4) is 0 Å². The van der Waals surface area contributed by atoms with E-state index in [1.165, 1.54) is 16.9 Å². The predicted octanol–water partition coefficient (Wildman–Crippen LogP) is 3.66. The van der Waals surface area contributed by atoms with Crippen LogP contribution in [0.2, 0.25) is 0 Å². The molecule has 2 N–H and O–H groups in total. The zero-order valence-corrected chi connectivity index (χ0v) is 12.2. The summed E-state index contributed by atoms with van der Waals surface area (Å²) >= 11 is 1.47. The molecule has 21 heavy (non-hydrogen) atoms. The number of benzene rings is 2. The third-order valence-corrected chi connectivity index (χ3v) is 4.01. The zero-order valence-electron chi connectivity index (χ0n) is 11.4. The minimum Gasteiger partial charge on any atom is -0.337 e. The molecule has 2 amide bonds. The number of urea groups is 1. The monoisotopic (exact) mass is 297 g/mol. The van der Waals surface area contributed by atoms with Crippen LogP contribution in [0.4, 0.5) is 9.93 Å². The summed E-state index contributed by atoms with van der Waals surface area (Å²) in [5, 5.41) is 6.23. The van der Waals surface area contributed by atoms with Crippen molar-refractivity contribution in [2.45, 2.75) is 6.42 Å². The van der Waals surface area contributed by atoms with Crippen molar-refractivity contribution >= 4 is 32.7 Å². The molecular weight excluding hydrogens is 282 g/mol. The van der Waals surface area contributed by atoms with Gasteiger partial charge in [0, 0.05) is 6.54 Å². The fourth-order valence-electron chi connectivity index (χ4n) is 2.03. The van der Waals surface area contributed by atoms with Crippen LogP contribution >= 0.6 is 11.3 Å². The summed E-state index contributed by atoms with van der Waals surface area (Å²) in [6.07, 6.45) is 0.814. The Balaban J connectivity index is 1.52. The summed E-state index contributed by atoms with van der Waals surface area (Å²) < 4.78 is 1.07. The Morgan fingerprint density at radius 1 is 1.05 bits per heavy atom. The molecule has 0 atom stereocenters. The number of carbonyl (C=O) groups excluding carboxylic acids is 1. The van der Waals surface area contributed by atoms with E-state index in [1.807, 2.05) is 54.6 Å². The fourth-order valence-corrected chi connectivity index (χ4v) is 2.89. The number of nitrogens with one attached hydrogen (secondary N) is 2. The van der Waals surface area contributed by atoms with Gasteiger partial charge in [0.05, 0.1) is 10.2 Å². The number of hydrogen-bond acceptors (Lipinski definition) is 3. The molecule has 0 saturated heterocycles. The molecule has 3 aromatic rings. The highest BCUT2D eigenvalue weighted by Crippen LogP contribution is 2.25. The van der Waals surface area contributed by atoms with E-state index in [9.17, 15) is 4.79 Å². The van der Waals surface area contributed by atoms with E-state index in [1.54, 1.807) is 0 Å². The average molecular weight is 297 g/mol. The summed E-state index contributed by atoms with van der Waals surface area (Å²) in [7, 11) is 0. The molecule has 2 aromatic carbocycles. The second-order valence-electron chi connectivity index (χ2n) is 4.60. The van der Waals surface area contributed by atoms with Gasteiger partial charge in [-0.15, -0.1) is 0 Å². The summed E-state index contributed by atoms with van der Waals surface area (Å²) in [5.41, 5.74) is 2.11. The molecule has 0 aliphatic rings. The molecule has 0 bridgehead atoms. The van der Waals surface area contributed by atoms with Crippen molar-refractivity contribution in [3.05, 3.63) is 60.2 Å². The van der Waals surface area contributed by atoms with E-state index in [2.05, 4.69) is 15.6 Å². The first kappa shape index (κ1) is 13.6. The fraction of sp³-hybridized carbons (Fsp3) is 0.125. The standard InChI is InChI=1S/C16H15N3OS/c20-15(17-11-10-12-6-2-1-3-7-12)19-16-18-13-8-4-5-9-14(13)21-16/h1-9H,10-11H2,(H2,17,18,19,20). The average Bonchev–Trinajstić information content (AvgIpc) is 2.90. The number of amides is 2. The number of para-hydroxylation sites is 1. The van der Waals surface area contributed by atoms with Crippen LogP contribution in [0.5, 0.6) is 0 Å². The molecular formula is C16H15N3OS. The minimum absolute atomic E-state index is 0.218. The number of nitrogens with zero attached hydrogens (tertiary/aromatic N) is 1. The lowest BCUT2D eigenvalue weighted by atomic mass is 10.1. The molecule has 0 aliphatic heterocycles. The van der Waals surface area contributed by atoms with E-state index < -0.39 is 0 Å². The van der Waals surface area contributed by atoms with E-state index >= 15 is 0 Å². The maximum absolute atomic E-state index is 11.8. The Bertz CT molecular complexity index is 706. The Morgan fingerprint density at radius 3 is 2.62 bits per heavy atom. The van der Waals surface area contributed by atoms with E-state index in [0.29, 0.717) is 11.7 Å². The Kier molecular flexibility index (Phi) is 4.12. The molecule has 0 saturated carbocycles. The van der Waals surface area contributed by atoms with Crippen LogP contribution in [-0.4, -0.2) is 17.6 Å². The van der Waals surface area contributed by atoms with Gasteiger partial charge in [-0.3, -0.25) is 5.32 Å². The summed E-state index contributed by atoms with van der Waals surface area (Å²) in [6, 6.07) is 17.7. The molecule has 0 fully saturated rings. The quantitative estimate of drug-likeness (QED) is 0.772. The van der Waals surface area contributed by atoms with Crippen molar-refractivity contribution < 1.29 is 4.79 Å². The third kappa shape index (κ3) is 3.58. The van der Waals surface area contributed by atoms with Gasteiger partial charge in [-0.2, -0.15) is 0 Å². The molecule has 0 unspecified atom stereocenters. The highest BCUT2D eigenvalue weighted by molar-refractivity contribution is 7.22. The first-order chi connectivity index (χ1) is 10.3. The zero-order chi connectivity index (χ0) is 14.5. The van der Waals surface area contributed by atoms with Gasteiger partial charge in [0.15, 0.2) is 5.13 Å². The van der Waals surface area contributed by atoms with Crippen molar-refractivity contribution in [2.75, 3.05) is 11.9 Å². The van der Waals surface area contributed by atoms with Crippen LogP contribution in [0.15, 0.2) is 54.6 Å². The second kappa shape index (κ2) is 6.37. The molecule has 0 aliphatic carbocycles. The molecule has 0 spiro atoms. The molecule has 1 heterocycles. The van der Waals surface area contributed by atoms with Gasteiger partial charge in [-0.25, -0.2) is 9.78 Å². The number of hydrogen-bond donors (Lipinski definition) is 2. The maximum Gasteiger partial charge on any atom is 0.321 e. The first-order valence-electron chi connectivity index (χ1n) is 6.75. The van der Waals surface area contributed by atoms with E-state index in [-0.39, 0.29) is 6.03 Å². The highest BCUT2D eigenvalue weighted by atomic mass is 32.1. The Morgan fingerprint density at radius 2 is 1.81 bits per heavy atom. The maximum atomic E-state index is 11.8. The van der Waals surface area contributed by atoms with Crippen LogP contribution < -0.4 is 10.6 Å². The van der Waals surface area contributed by atoms with E-state index in [4.69, 9.17) is 0 Å². The van der Waals surface area contributed by atoms with Gasteiger partial charge < -0.3 is 5.32 Å². The minimum atomic E-state index is -0.218.